The highest BCUT2D eigenvalue weighted by atomic mass is 16.5. The summed E-state index contributed by atoms with van der Waals surface area (Å²) in [5.74, 6) is -1.19. The van der Waals surface area contributed by atoms with Crippen molar-refractivity contribution in [1.29, 1.82) is 0 Å². The predicted molar refractivity (Wildman–Crippen MR) is 109 cm³/mol. The third-order valence-electron chi connectivity index (χ3n) is 4.83. The first-order valence-corrected chi connectivity index (χ1v) is 9.52. The summed E-state index contributed by atoms with van der Waals surface area (Å²) in [4.78, 5) is 35.6. The van der Waals surface area contributed by atoms with E-state index in [-0.39, 0.29) is 6.61 Å². The number of carboxylic acids is 1. The third-order valence-corrected chi connectivity index (χ3v) is 4.83. The maximum Gasteiger partial charge on any atom is 0.344 e. The molecule has 0 saturated carbocycles. The van der Waals surface area contributed by atoms with Gasteiger partial charge in [0.2, 0.25) is 0 Å². The highest BCUT2D eigenvalue weighted by Gasteiger charge is 2.20. The zero-order chi connectivity index (χ0) is 21.0. The van der Waals surface area contributed by atoms with Crippen LogP contribution in [0.15, 0.2) is 45.6 Å². The number of carbonyl (C=O) groups is 2. The number of unbranched alkanes of at least 4 members (excludes halogenated alkanes) is 1. The van der Waals surface area contributed by atoms with Crippen molar-refractivity contribution in [3.8, 4) is 5.75 Å². The molecule has 0 fully saturated rings. The number of aryl methyl sites for hydroxylation is 1. The first kappa shape index (κ1) is 20.4. The van der Waals surface area contributed by atoms with Crippen molar-refractivity contribution < 1.29 is 23.8 Å². The Hall–Kier alpha value is -3.35. The Bertz CT molecular complexity index is 1120. The number of nitrogens with one attached hydrogen (secondary N) is 1. The Morgan fingerprint density at radius 2 is 1.86 bits per heavy atom. The number of hydrogen-bond donors (Lipinski definition) is 2. The van der Waals surface area contributed by atoms with Crippen LogP contribution in [0.25, 0.3) is 21.7 Å². The molecular formula is C22H23NO6. The van der Waals surface area contributed by atoms with Crippen LogP contribution in [0, 0.1) is 6.92 Å². The number of fused-ring (bicyclic) bond motifs is 3. The lowest BCUT2D eigenvalue weighted by Crippen LogP contribution is -2.42. The Kier molecular flexibility index (Phi) is 6.16. The second kappa shape index (κ2) is 8.77. The lowest BCUT2D eigenvalue weighted by atomic mass is 10.0. The summed E-state index contributed by atoms with van der Waals surface area (Å²) >= 11 is 0. The van der Waals surface area contributed by atoms with E-state index in [1.165, 1.54) is 0 Å². The number of carboxylic acid groups (broad SMARTS) is 1. The van der Waals surface area contributed by atoms with Crippen LogP contribution in [0.2, 0.25) is 0 Å². The van der Waals surface area contributed by atoms with E-state index in [0.29, 0.717) is 35.1 Å². The molecule has 1 amide bonds. The van der Waals surface area contributed by atoms with Gasteiger partial charge in [-0.05, 0) is 36.9 Å². The van der Waals surface area contributed by atoms with Crippen molar-refractivity contribution in [3.05, 3.63) is 52.4 Å². The molecule has 3 rings (SSSR count). The zero-order valence-corrected chi connectivity index (χ0v) is 16.4. The number of benzene rings is 2. The first-order valence-electron chi connectivity index (χ1n) is 9.52. The molecule has 0 bridgehead atoms. The number of amides is 1. The third kappa shape index (κ3) is 4.39. The van der Waals surface area contributed by atoms with Gasteiger partial charge in [0.05, 0.1) is 5.39 Å². The summed E-state index contributed by atoms with van der Waals surface area (Å²) in [7, 11) is 0. The van der Waals surface area contributed by atoms with Gasteiger partial charge in [-0.2, -0.15) is 0 Å². The summed E-state index contributed by atoms with van der Waals surface area (Å²) in [6, 6.07) is 9.74. The highest BCUT2D eigenvalue weighted by Crippen LogP contribution is 2.30. The number of ether oxygens (including phenoxy) is 1. The van der Waals surface area contributed by atoms with E-state index >= 15 is 0 Å². The molecule has 0 unspecified atom stereocenters. The summed E-state index contributed by atoms with van der Waals surface area (Å²) < 4.78 is 11.1. The van der Waals surface area contributed by atoms with Gasteiger partial charge in [0, 0.05) is 10.9 Å². The summed E-state index contributed by atoms with van der Waals surface area (Å²) in [6.07, 6.45) is 1.91. The van der Waals surface area contributed by atoms with Crippen LogP contribution >= 0.6 is 0 Å². The average molecular weight is 397 g/mol. The molecule has 152 valence electrons. The minimum Gasteiger partial charge on any atom is -0.483 e. The number of aliphatic carboxylic acids is 1. The van der Waals surface area contributed by atoms with Crippen LogP contribution in [0.4, 0.5) is 0 Å². The molecule has 0 saturated heterocycles. The molecule has 0 radical (unpaired) electrons. The highest BCUT2D eigenvalue weighted by molar-refractivity contribution is 6.05. The molecule has 29 heavy (non-hydrogen) atoms. The Morgan fingerprint density at radius 1 is 1.14 bits per heavy atom. The summed E-state index contributed by atoms with van der Waals surface area (Å²) in [5.41, 5.74) is 0.559. The topological polar surface area (TPSA) is 106 Å². The van der Waals surface area contributed by atoms with Crippen molar-refractivity contribution >= 4 is 33.6 Å². The predicted octanol–water partition coefficient (Wildman–Crippen LogP) is 3.39. The molecular weight excluding hydrogens is 374 g/mol. The zero-order valence-electron chi connectivity index (χ0n) is 16.4. The monoisotopic (exact) mass is 397 g/mol. The molecule has 0 spiro atoms. The molecule has 2 aromatic carbocycles. The molecule has 3 aromatic rings. The van der Waals surface area contributed by atoms with E-state index in [0.717, 1.165) is 17.2 Å². The Morgan fingerprint density at radius 3 is 2.55 bits per heavy atom. The SMILES string of the molecule is CCCC[C@@H](NC(=O)COc1ccc2c(oc(=O)c3ccccc32)c1C)C(=O)O. The number of rotatable bonds is 8. The van der Waals surface area contributed by atoms with Gasteiger partial charge < -0.3 is 19.6 Å². The lowest BCUT2D eigenvalue weighted by Gasteiger charge is -2.15. The van der Waals surface area contributed by atoms with Crippen LogP contribution in [0.5, 0.6) is 5.75 Å². The molecule has 7 heteroatoms. The van der Waals surface area contributed by atoms with E-state index in [1.807, 2.05) is 19.1 Å². The van der Waals surface area contributed by atoms with E-state index in [9.17, 15) is 19.5 Å². The van der Waals surface area contributed by atoms with E-state index in [4.69, 9.17) is 9.15 Å². The van der Waals surface area contributed by atoms with Gasteiger partial charge in [0.1, 0.15) is 17.4 Å². The maximum absolute atomic E-state index is 12.3. The molecule has 2 N–H and O–H groups in total. The van der Waals surface area contributed by atoms with E-state index in [2.05, 4.69) is 5.32 Å². The fourth-order valence-electron chi connectivity index (χ4n) is 3.26. The fraction of sp³-hybridized carbons (Fsp3) is 0.318. The van der Waals surface area contributed by atoms with Crippen molar-refractivity contribution in [2.45, 2.75) is 39.2 Å². The molecule has 0 aliphatic carbocycles. The summed E-state index contributed by atoms with van der Waals surface area (Å²) in [5, 5.41) is 13.7. The standard InChI is InChI=1S/C22H23NO6/c1-3-4-9-17(21(25)26)23-19(24)12-28-18-11-10-15-14-7-5-6-8-16(14)22(27)29-20(15)13(18)2/h5-8,10-11,17H,3-4,9,12H2,1-2H3,(H,23,24)(H,25,26)/t17-/m1/s1. The molecule has 7 nitrogen and oxygen atoms in total. The lowest BCUT2D eigenvalue weighted by molar-refractivity contribution is -0.142. The largest absolute Gasteiger partial charge is 0.483 e. The second-order valence-corrected chi connectivity index (χ2v) is 6.89. The number of hydrogen-bond acceptors (Lipinski definition) is 5. The van der Waals surface area contributed by atoms with Crippen molar-refractivity contribution in [3.63, 3.8) is 0 Å². The maximum atomic E-state index is 12.3. The van der Waals surface area contributed by atoms with Crippen LogP contribution in [-0.4, -0.2) is 29.6 Å². The van der Waals surface area contributed by atoms with E-state index in [1.54, 1.807) is 31.2 Å². The normalized spacial score (nSPS) is 12.1. The van der Waals surface area contributed by atoms with Crippen LogP contribution in [-0.2, 0) is 9.59 Å². The van der Waals surface area contributed by atoms with Gasteiger partial charge in [-0.15, -0.1) is 0 Å². The van der Waals surface area contributed by atoms with Gasteiger partial charge in [-0.1, -0.05) is 38.0 Å². The molecule has 0 aliphatic heterocycles. The Labute approximate surface area is 167 Å². The van der Waals surface area contributed by atoms with Crippen LogP contribution in [0.1, 0.15) is 31.7 Å². The average Bonchev–Trinajstić information content (AvgIpc) is 2.71. The van der Waals surface area contributed by atoms with Crippen LogP contribution in [0.3, 0.4) is 0 Å². The van der Waals surface area contributed by atoms with Gasteiger partial charge in [0.25, 0.3) is 5.91 Å². The van der Waals surface area contributed by atoms with Gasteiger partial charge >= 0.3 is 11.6 Å². The van der Waals surface area contributed by atoms with Gasteiger partial charge in [-0.3, -0.25) is 4.79 Å². The van der Waals surface area contributed by atoms with E-state index < -0.39 is 23.5 Å². The molecule has 1 atom stereocenters. The molecule has 0 aliphatic rings. The molecule has 1 heterocycles. The number of carbonyl (C=O) groups excluding carboxylic acids is 1. The van der Waals surface area contributed by atoms with Gasteiger partial charge in [-0.25, -0.2) is 9.59 Å². The quantitative estimate of drug-likeness (QED) is 0.446. The summed E-state index contributed by atoms with van der Waals surface area (Å²) in [6.45, 7) is 3.36. The van der Waals surface area contributed by atoms with Crippen LogP contribution < -0.4 is 15.7 Å². The second-order valence-electron chi connectivity index (χ2n) is 6.89. The Balaban J connectivity index is 1.79. The van der Waals surface area contributed by atoms with Crippen molar-refractivity contribution in [1.82, 2.24) is 5.32 Å². The van der Waals surface area contributed by atoms with Crippen molar-refractivity contribution in [2.24, 2.45) is 0 Å². The minimum absolute atomic E-state index is 0.333. The first-order chi connectivity index (χ1) is 13.9. The fourth-order valence-corrected chi connectivity index (χ4v) is 3.26. The minimum atomic E-state index is -1.07. The molecule has 1 aromatic heterocycles. The smallest absolute Gasteiger partial charge is 0.344 e. The van der Waals surface area contributed by atoms with Gasteiger partial charge in [0.15, 0.2) is 6.61 Å². The van der Waals surface area contributed by atoms with Crippen molar-refractivity contribution in [2.75, 3.05) is 6.61 Å².